The molecule has 0 unspecified atom stereocenters. The third kappa shape index (κ3) is 5.28. The van der Waals surface area contributed by atoms with Gasteiger partial charge in [-0.2, -0.15) is 0 Å². The molecule has 30 heavy (non-hydrogen) atoms. The third-order valence-electron chi connectivity index (χ3n) is 5.88. The number of carbonyl (C=O) groups is 3. The number of nitrogens with zero attached hydrogens (tertiary/aromatic N) is 3. The first-order valence-corrected chi connectivity index (χ1v) is 10.4. The van der Waals surface area contributed by atoms with Gasteiger partial charge in [-0.3, -0.25) is 24.2 Å². The van der Waals surface area contributed by atoms with Gasteiger partial charge >= 0.3 is 5.97 Å². The van der Waals surface area contributed by atoms with Gasteiger partial charge in [-0.25, -0.2) is 0 Å². The molecule has 0 aliphatic carbocycles. The van der Waals surface area contributed by atoms with Crippen LogP contribution in [0.1, 0.15) is 19.8 Å². The fourth-order valence-electron chi connectivity index (χ4n) is 4.21. The van der Waals surface area contributed by atoms with E-state index in [-0.39, 0.29) is 12.5 Å². The van der Waals surface area contributed by atoms with Crippen molar-refractivity contribution < 1.29 is 19.1 Å². The lowest BCUT2D eigenvalue weighted by atomic mass is 10.0. The van der Waals surface area contributed by atoms with Crippen LogP contribution < -0.4 is 20.4 Å². The van der Waals surface area contributed by atoms with E-state index in [4.69, 9.17) is 4.74 Å². The predicted molar refractivity (Wildman–Crippen MR) is 116 cm³/mol. The van der Waals surface area contributed by atoms with E-state index in [0.29, 0.717) is 23.8 Å². The fourth-order valence-corrected chi connectivity index (χ4v) is 4.21. The summed E-state index contributed by atoms with van der Waals surface area (Å²) in [4.78, 5) is 41.2. The largest absolute Gasteiger partial charge is 0.468 e. The number of amides is 2. The number of esters is 1. The molecule has 2 saturated heterocycles. The number of rotatable bonds is 7. The Balaban J connectivity index is 1.73. The number of ether oxygens (including phenoxy) is 1. The van der Waals surface area contributed by atoms with Gasteiger partial charge in [-0.05, 0) is 44.1 Å². The Kier molecular flexibility index (Phi) is 7.64. The number of hydrogen-bond acceptors (Lipinski definition) is 7. The Morgan fingerprint density at radius 3 is 2.53 bits per heavy atom. The summed E-state index contributed by atoms with van der Waals surface area (Å²) in [6.07, 6.45) is 2.97. The van der Waals surface area contributed by atoms with Crippen LogP contribution in [0.2, 0.25) is 0 Å². The van der Waals surface area contributed by atoms with Gasteiger partial charge in [0, 0.05) is 44.8 Å². The van der Waals surface area contributed by atoms with Crippen LogP contribution in [0, 0.1) is 0 Å². The number of piperidine rings is 1. The molecule has 9 heteroatoms. The van der Waals surface area contributed by atoms with Crippen molar-refractivity contribution in [3.8, 4) is 0 Å². The van der Waals surface area contributed by atoms with Crippen molar-refractivity contribution in [2.24, 2.45) is 0 Å². The lowest BCUT2D eigenvalue weighted by molar-refractivity contribution is -0.139. The molecule has 1 aromatic rings. The Labute approximate surface area is 177 Å². The second-order valence-electron chi connectivity index (χ2n) is 7.65. The van der Waals surface area contributed by atoms with E-state index in [9.17, 15) is 14.4 Å². The molecule has 0 saturated carbocycles. The van der Waals surface area contributed by atoms with Crippen LogP contribution in [0.4, 0.5) is 17.1 Å². The highest BCUT2D eigenvalue weighted by atomic mass is 16.5. The lowest BCUT2D eigenvalue weighted by Crippen LogP contribution is -2.52. The number of hydrogen-bond donors (Lipinski definition) is 2. The highest BCUT2D eigenvalue weighted by Crippen LogP contribution is 2.31. The molecule has 2 aliphatic heterocycles. The standard InChI is InChI=1S/C21H31N5O4/c1-16(28)26(14-21(29)30-2)20-4-3-18(13-19(20)23-15-27)25-11-9-24(10-12-25)17-5-7-22-8-6-17/h3-4,13,15,17,22H,5-12,14H2,1-2H3,(H,23,27). The molecular formula is C21H31N5O4. The van der Waals surface area contributed by atoms with Crippen molar-refractivity contribution in [2.45, 2.75) is 25.8 Å². The minimum absolute atomic E-state index is 0.215. The van der Waals surface area contributed by atoms with Crippen molar-refractivity contribution >= 4 is 35.3 Å². The molecule has 2 aliphatic rings. The van der Waals surface area contributed by atoms with Gasteiger partial charge in [0.15, 0.2) is 0 Å². The summed E-state index contributed by atoms with van der Waals surface area (Å²) in [6, 6.07) is 6.21. The zero-order valence-electron chi connectivity index (χ0n) is 17.7. The van der Waals surface area contributed by atoms with Crippen LogP contribution in [-0.4, -0.2) is 82.2 Å². The molecule has 2 heterocycles. The number of nitrogens with one attached hydrogen (secondary N) is 2. The third-order valence-corrected chi connectivity index (χ3v) is 5.88. The fraction of sp³-hybridized carbons (Fsp3) is 0.571. The highest BCUT2D eigenvalue weighted by molar-refractivity contribution is 6.00. The van der Waals surface area contributed by atoms with E-state index in [2.05, 4.69) is 20.4 Å². The van der Waals surface area contributed by atoms with Crippen LogP contribution in [0.15, 0.2) is 18.2 Å². The topological polar surface area (TPSA) is 94.2 Å². The maximum absolute atomic E-state index is 12.1. The molecule has 0 bridgehead atoms. The first kappa shape index (κ1) is 22.0. The highest BCUT2D eigenvalue weighted by Gasteiger charge is 2.26. The second kappa shape index (κ2) is 10.4. The average molecular weight is 418 g/mol. The summed E-state index contributed by atoms with van der Waals surface area (Å²) in [5.74, 6) is -0.835. The summed E-state index contributed by atoms with van der Waals surface area (Å²) in [6.45, 7) is 7.16. The second-order valence-corrected chi connectivity index (χ2v) is 7.65. The zero-order valence-corrected chi connectivity index (χ0v) is 17.7. The summed E-state index contributed by atoms with van der Waals surface area (Å²) >= 11 is 0. The SMILES string of the molecule is COC(=O)CN(C(C)=O)c1ccc(N2CCN(C3CCNCC3)CC2)cc1NC=O. The van der Waals surface area contributed by atoms with E-state index in [1.807, 2.05) is 12.1 Å². The number of carbonyl (C=O) groups excluding carboxylic acids is 3. The van der Waals surface area contributed by atoms with Crippen molar-refractivity contribution in [3.05, 3.63) is 18.2 Å². The van der Waals surface area contributed by atoms with E-state index < -0.39 is 5.97 Å². The van der Waals surface area contributed by atoms with Gasteiger partial charge in [-0.1, -0.05) is 0 Å². The maximum Gasteiger partial charge on any atom is 0.325 e. The Morgan fingerprint density at radius 2 is 1.93 bits per heavy atom. The Morgan fingerprint density at radius 1 is 1.23 bits per heavy atom. The molecule has 0 radical (unpaired) electrons. The van der Waals surface area contributed by atoms with Crippen LogP contribution in [0.3, 0.4) is 0 Å². The predicted octanol–water partition coefficient (Wildman–Crippen LogP) is 0.655. The number of benzene rings is 1. The van der Waals surface area contributed by atoms with E-state index >= 15 is 0 Å². The molecule has 164 valence electrons. The molecule has 0 spiro atoms. The summed E-state index contributed by atoms with van der Waals surface area (Å²) < 4.78 is 4.69. The number of methoxy groups -OCH3 is 1. The van der Waals surface area contributed by atoms with Crippen LogP contribution >= 0.6 is 0 Å². The van der Waals surface area contributed by atoms with E-state index in [0.717, 1.165) is 45.0 Å². The first-order valence-electron chi connectivity index (χ1n) is 10.4. The van der Waals surface area contributed by atoms with Gasteiger partial charge in [-0.15, -0.1) is 0 Å². The van der Waals surface area contributed by atoms with Crippen molar-refractivity contribution in [1.82, 2.24) is 10.2 Å². The van der Waals surface area contributed by atoms with Gasteiger partial charge in [0.2, 0.25) is 12.3 Å². The van der Waals surface area contributed by atoms with Gasteiger partial charge in [0.1, 0.15) is 6.54 Å². The normalized spacial score (nSPS) is 18.0. The minimum atomic E-state index is -0.527. The molecule has 2 amide bonds. The molecular weight excluding hydrogens is 386 g/mol. The van der Waals surface area contributed by atoms with Crippen LogP contribution in [0.5, 0.6) is 0 Å². The summed E-state index contributed by atoms with van der Waals surface area (Å²) in [7, 11) is 1.28. The van der Waals surface area contributed by atoms with Gasteiger partial charge in [0.05, 0.1) is 18.5 Å². The molecule has 9 nitrogen and oxygen atoms in total. The monoisotopic (exact) mass is 417 g/mol. The van der Waals surface area contributed by atoms with Crippen LogP contribution in [-0.2, 0) is 19.1 Å². The molecule has 2 N–H and O–H groups in total. The summed E-state index contributed by atoms with van der Waals surface area (Å²) in [5, 5.41) is 6.09. The Bertz CT molecular complexity index is 758. The molecule has 0 atom stereocenters. The van der Waals surface area contributed by atoms with E-state index in [1.165, 1.54) is 31.8 Å². The van der Waals surface area contributed by atoms with Crippen molar-refractivity contribution in [2.75, 3.05) is 68.0 Å². The molecule has 0 aromatic heterocycles. The molecule has 1 aromatic carbocycles. The first-order chi connectivity index (χ1) is 14.5. The van der Waals surface area contributed by atoms with Gasteiger partial charge in [0.25, 0.3) is 0 Å². The van der Waals surface area contributed by atoms with E-state index in [1.54, 1.807) is 6.07 Å². The molecule has 2 fully saturated rings. The molecule has 3 rings (SSSR count). The summed E-state index contributed by atoms with van der Waals surface area (Å²) in [5.41, 5.74) is 1.94. The number of piperazine rings is 1. The van der Waals surface area contributed by atoms with Gasteiger partial charge < -0.3 is 20.3 Å². The van der Waals surface area contributed by atoms with Crippen LogP contribution in [0.25, 0.3) is 0 Å². The van der Waals surface area contributed by atoms with Crippen molar-refractivity contribution in [3.63, 3.8) is 0 Å². The average Bonchev–Trinajstić information content (AvgIpc) is 2.78. The smallest absolute Gasteiger partial charge is 0.325 e. The minimum Gasteiger partial charge on any atom is -0.468 e. The maximum atomic E-state index is 12.1. The number of anilines is 3. The quantitative estimate of drug-likeness (QED) is 0.497. The lowest BCUT2D eigenvalue weighted by Gasteiger charge is -2.41. The van der Waals surface area contributed by atoms with Crippen molar-refractivity contribution in [1.29, 1.82) is 0 Å². The zero-order chi connectivity index (χ0) is 21.5. The Hall–Kier alpha value is -2.65.